The fourth-order valence-electron chi connectivity index (χ4n) is 8.09. The van der Waals surface area contributed by atoms with E-state index >= 15 is 0 Å². The SMILES string of the molecule is C1=C2CC=c3ccc4c5c3=C2C2c3c1ccc1ccc6ccc7c(c6c31)C2C=5C(=C7)CC=4. The Bertz CT molecular complexity index is 1880. The molecule has 4 aromatic carbocycles. The summed E-state index contributed by atoms with van der Waals surface area (Å²) in [5.41, 5.74) is 12.5. The van der Waals surface area contributed by atoms with Gasteiger partial charge in [0.2, 0.25) is 0 Å². The van der Waals surface area contributed by atoms with E-state index in [1.54, 1.807) is 43.9 Å². The van der Waals surface area contributed by atoms with Gasteiger partial charge in [0.15, 0.2) is 0 Å². The van der Waals surface area contributed by atoms with E-state index in [4.69, 9.17) is 0 Å². The van der Waals surface area contributed by atoms with E-state index in [-0.39, 0.29) is 0 Å². The average Bonchev–Trinajstić information content (AvgIpc) is 2.85. The molecule has 0 saturated carbocycles. The predicted molar refractivity (Wildman–Crippen MR) is 133 cm³/mol. The van der Waals surface area contributed by atoms with Gasteiger partial charge in [-0.2, -0.15) is 0 Å². The molecule has 2 unspecified atom stereocenters. The van der Waals surface area contributed by atoms with Gasteiger partial charge < -0.3 is 0 Å². The highest BCUT2D eigenvalue weighted by molar-refractivity contribution is 6.18. The molecular weight excluding hydrogens is 384 g/mol. The number of hydrogen-bond acceptors (Lipinski definition) is 0. The quantitative estimate of drug-likeness (QED) is 0.384. The molecule has 6 aliphatic carbocycles. The minimum Gasteiger partial charge on any atom is -0.0722 e. The summed E-state index contributed by atoms with van der Waals surface area (Å²) in [6.45, 7) is 0. The molecule has 0 heterocycles. The van der Waals surface area contributed by atoms with Gasteiger partial charge in [-0.15, -0.1) is 0 Å². The predicted octanol–water partition coefficient (Wildman–Crippen LogP) is 4.35. The summed E-state index contributed by atoms with van der Waals surface area (Å²) in [5.74, 6) is 0.917. The monoisotopic (exact) mass is 402 g/mol. The Kier molecular flexibility index (Phi) is 2.18. The Balaban J connectivity index is 1.64. The van der Waals surface area contributed by atoms with Crippen molar-refractivity contribution in [2.24, 2.45) is 0 Å². The van der Waals surface area contributed by atoms with Gasteiger partial charge in [-0.1, -0.05) is 72.8 Å². The number of benzene rings is 4. The van der Waals surface area contributed by atoms with E-state index < -0.39 is 0 Å². The lowest BCUT2D eigenvalue weighted by Crippen LogP contribution is -2.57. The van der Waals surface area contributed by atoms with Crippen LogP contribution in [0.4, 0.5) is 0 Å². The van der Waals surface area contributed by atoms with Gasteiger partial charge in [-0.25, -0.2) is 0 Å². The Labute approximate surface area is 184 Å². The van der Waals surface area contributed by atoms with Crippen LogP contribution in [0.5, 0.6) is 0 Å². The summed E-state index contributed by atoms with van der Waals surface area (Å²) in [6.07, 6.45) is 12.1. The minimum atomic E-state index is 0.458. The molecule has 0 aromatic heterocycles. The lowest BCUT2D eigenvalue weighted by molar-refractivity contribution is 0.734. The van der Waals surface area contributed by atoms with E-state index in [2.05, 4.69) is 72.8 Å². The molecular formula is C32H18. The summed E-state index contributed by atoms with van der Waals surface area (Å²) in [4.78, 5) is 0. The van der Waals surface area contributed by atoms with Gasteiger partial charge >= 0.3 is 0 Å². The largest absolute Gasteiger partial charge is 0.0722 e. The molecule has 10 rings (SSSR count). The molecule has 32 heavy (non-hydrogen) atoms. The van der Waals surface area contributed by atoms with Crippen molar-refractivity contribution >= 4 is 57.0 Å². The van der Waals surface area contributed by atoms with E-state index in [0.717, 1.165) is 12.8 Å². The topological polar surface area (TPSA) is 0 Å². The molecule has 0 nitrogen and oxygen atoms in total. The van der Waals surface area contributed by atoms with Crippen molar-refractivity contribution in [3.63, 3.8) is 0 Å². The van der Waals surface area contributed by atoms with E-state index in [9.17, 15) is 0 Å². The van der Waals surface area contributed by atoms with Crippen molar-refractivity contribution in [1.82, 2.24) is 0 Å². The maximum atomic E-state index is 2.52. The average molecular weight is 402 g/mol. The molecule has 0 heteroatoms. The van der Waals surface area contributed by atoms with Crippen LogP contribution in [0.2, 0.25) is 0 Å². The van der Waals surface area contributed by atoms with Gasteiger partial charge in [-0.05, 0) is 99.8 Å². The molecule has 0 N–H and O–H groups in total. The Morgan fingerprint density at radius 2 is 1.00 bits per heavy atom. The van der Waals surface area contributed by atoms with Crippen LogP contribution in [0.1, 0.15) is 46.9 Å². The highest BCUT2D eigenvalue weighted by atomic mass is 14.5. The highest BCUT2D eigenvalue weighted by Crippen LogP contribution is 2.61. The van der Waals surface area contributed by atoms with Crippen LogP contribution in [-0.2, 0) is 0 Å². The molecule has 0 fully saturated rings. The third-order valence-electron chi connectivity index (χ3n) is 9.14. The third kappa shape index (κ3) is 1.39. The zero-order chi connectivity index (χ0) is 20.3. The first-order chi connectivity index (χ1) is 15.9. The molecule has 0 radical (unpaired) electrons. The highest BCUT2D eigenvalue weighted by Gasteiger charge is 2.46. The summed E-state index contributed by atoms with van der Waals surface area (Å²) < 4.78 is 0. The Morgan fingerprint density at radius 1 is 0.531 bits per heavy atom. The molecule has 2 atom stereocenters. The van der Waals surface area contributed by atoms with E-state index in [1.807, 2.05) is 0 Å². The molecule has 6 aliphatic rings. The smallest absolute Gasteiger partial charge is 0.0221 e. The van der Waals surface area contributed by atoms with Crippen LogP contribution < -0.4 is 20.9 Å². The molecule has 4 aromatic rings. The lowest BCUT2D eigenvalue weighted by atomic mass is 9.56. The van der Waals surface area contributed by atoms with Crippen LogP contribution in [0, 0.1) is 0 Å². The van der Waals surface area contributed by atoms with Crippen LogP contribution in [-0.4, -0.2) is 0 Å². The number of rotatable bonds is 0. The first-order valence-electron chi connectivity index (χ1n) is 11.9. The first-order valence-corrected chi connectivity index (χ1v) is 11.9. The number of allylic oxidation sites excluding steroid dienone is 2. The first kappa shape index (κ1) is 15.2. The maximum absolute atomic E-state index is 2.52. The van der Waals surface area contributed by atoms with Gasteiger partial charge in [-0.3, -0.25) is 0 Å². The molecule has 0 amide bonds. The van der Waals surface area contributed by atoms with Crippen molar-refractivity contribution in [3.8, 4) is 0 Å². The van der Waals surface area contributed by atoms with E-state index in [0.29, 0.717) is 11.8 Å². The van der Waals surface area contributed by atoms with Gasteiger partial charge in [0.1, 0.15) is 0 Å². The zero-order valence-corrected chi connectivity index (χ0v) is 17.5. The molecule has 0 bridgehead atoms. The minimum absolute atomic E-state index is 0.458. The molecule has 146 valence electrons. The van der Waals surface area contributed by atoms with Crippen molar-refractivity contribution in [2.75, 3.05) is 0 Å². The summed E-state index contributed by atoms with van der Waals surface area (Å²) >= 11 is 0. The van der Waals surface area contributed by atoms with E-state index in [1.165, 1.54) is 43.1 Å². The zero-order valence-electron chi connectivity index (χ0n) is 17.5. The van der Waals surface area contributed by atoms with Crippen LogP contribution >= 0.6 is 0 Å². The maximum Gasteiger partial charge on any atom is 0.0221 e. The van der Waals surface area contributed by atoms with Crippen molar-refractivity contribution in [1.29, 1.82) is 0 Å². The Hall–Kier alpha value is -3.64. The fourth-order valence-corrected chi connectivity index (χ4v) is 8.09. The van der Waals surface area contributed by atoms with Crippen molar-refractivity contribution in [2.45, 2.75) is 24.7 Å². The second kappa shape index (κ2) is 4.59. The molecule has 0 saturated heterocycles. The fraction of sp³-hybridized carbons (Fsp3) is 0.125. The van der Waals surface area contributed by atoms with Gasteiger partial charge in [0.05, 0.1) is 0 Å². The van der Waals surface area contributed by atoms with Gasteiger partial charge in [0.25, 0.3) is 0 Å². The van der Waals surface area contributed by atoms with Crippen LogP contribution in [0.3, 0.4) is 0 Å². The summed E-state index contributed by atoms with van der Waals surface area (Å²) in [5, 5.41) is 11.9. The normalized spacial score (nSPS) is 23.5. The second-order valence-corrected chi connectivity index (χ2v) is 10.3. The standard InChI is InChI=1S/C32H18/c1-2-16-6-10-20-14-22-12-8-18-4-3-17-7-11-21-13-19-9-5-15(1)23-24(16)28(20)32-30(22)26(18)25(17)29(21)31(32)27(19)23/h1-10,13-14,31-32H,11-12H2. The number of hydrogen-bond donors (Lipinski definition) is 0. The summed E-state index contributed by atoms with van der Waals surface area (Å²) in [7, 11) is 0. The van der Waals surface area contributed by atoms with Crippen molar-refractivity contribution in [3.05, 3.63) is 103 Å². The van der Waals surface area contributed by atoms with Gasteiger partial charge in [0, 0.05) is 11.8 Å². The van der Waals surface area contributed by atoms with Crippen LogP contribution in [0.25, 0.3) is 57.0 Å². The third-order valence-corrected chi connectivity index (χ3v) is 9.14. The van der Waals surface area contributed by atoms with Crippen LogP contribution in [0.15, 0.2) is 59.7 Å². The summed E-state index contributed by atoms with van der Waals surface area (Å²) in [6, 6.07) is 18.9. The molecule has 0 spiro atoms. The molecule has 0 aliphatic heterocycles. The Morgan fingerprint density at radius 3 is 1.50 bits per heavy atom. The second-order valence-electron chi connectivity index (χ2n) is 10.3. The lowest BCUT2D eigenvalue weighted by Gasteiger charge is -2.46. The van der Waals surface area contributed by atoms with Crippen molar-refractivity contribution < 1.29 is 0 Å².